The van der Waals surface area contributed by atoms with Crippen LogP contribution in [0.25, 0.3) is 22.4 Å². The van der Waals surface area contributed by atoms with E-state index in [4.69, 9.17) is 9.47 Å². The number of Topliss-reactive ketones (excluding diaryl/α,β-unsaturated/α-hetero) is 1. The molecule has 0 unspecified atom stereocenters. The molecule has 0 fully saturated rings. The summed E-state index contributed by atoms with van der Waals surface area (Å²) in [6.07, 6.45) is 1.52. The van der Waals surface area contributed by atoms with E-state index in [1.54, 1.807) is 43.5 Å². The molecule has 7 heteroatoms. The number of fused-ring (bicyclic) bond motifs is 1. The van der Waals surface area contributed by atoms with Crippen molar-refractivity contribution in [3.05, 3.63) is 78.1 Å². The Hall–Kier alpha value is -4.00. The van der Waals surface area contributed by atoms with Gasteiger partial charge in [0, 0.05) is 11.8 Å². The molecule has 1 N–H and O–H groups in total. The second-order valence-corrected chi connectivity index (χ2v) is 6.26. The van der Waals surface area contributed by atoms with Crippen molar-refractivity contribution < 1.29 is 19.1 Å². The number of aromatic nitrogens is 3. The Morgan fingerprint density at radius 2 is 1.86 bits per heavy atom. The standard InChI is InChI=1S/C22H17N3O4/c1-28-16-8-5-14(6-9-16)21-24-17-10-7-15(12-19(17)25-21)22(27)29-13-20(26)18-4-2-3-11-23-18/h2-12H,13H2,1H3,(H,24,25). The number of hydrogen-bond donors (Lipinski definition) is 1. The summed E-state index contributed by atoms with van der Waals surface area (Å²) < 4.78 is 10.3. The number of esters is 1. The predicted octanol–water partition coefficient (Wildman–Crippen LogP) is 3.67. The van der Waals surface area contributed by atoms with E-state index in [0.29, 0.717) is 16.9 Å². The number of ketones is 1. The van der Waals surface area contributed by atoms with Crippen LogP contribution in [0.2, 0.25) is 0 Å². The molecule has 0 aliphatic heterocycles. The number of carbonyl (C=O) groups is 2. The summed E-state index contributed by atoms with van der Waals surface area (Å²) in [5, 5.41) is 0. The van der Waals surface area contributed by atoms with Crippen molar-refractivity contribution in [1.82, 2.24) is 15.0 Å². The highest BCUT2D eigenvalue weighted by molar-refractivity contribution is 5.99. The summed E-state index contributed by atoms with van der Waals surface area (Å²) in [4.78, 5) is 36.1. The molecule has 0 aliphatic rings. The molecular weight excluding hydrogens is 370 g/mol. The van der Waals surface area contributed by atoms with Crippen molar-refractivity contribution in [2.75, 3.05) is 13.7 Å². The lowest BCUT2D eigenvalue weighted by molar-refractivity contribution is 0.0473. The number of benzene rings is 2. The van der Waals surface area contributed by atoms with E-state index in [2.05, 4.69) is 15.0 Å². The summed E-state index contributed by atoms with van der Waals surface area (Å²) in [6, 6.07) is 17.5. The number of methoxy groups -OCH3 is 1. The molecule has 0 saturated carbocycles. The van der Waals surface area contributed by atoms with Crippen LogP contribution in [0.5, 0.6) is 5.75 Å². The first-order chi connectivity index (χ1) is 14.1. The van der Waals surface area contributed by atoms with Crippen molar-refractivity contribution in [3.63, 3.8) is 0 Å². The second kappa shape index (κ2) is 7.93. The van der Waals surface area contributed by atoms with Gasteiger partial charge in [0.1, 0.15) is 17.3 Å². The Morgan fingerprint density at radius 3 is 2.59 bits per heavy atom. The number of hydrogen-bond acceptors (Lipinski definition) is 6. The molecule has 0 spiro atoms. The summed E-state index contributed by atoms with van der Waals surface area (Å²) >= 11 is 0. The van der Waals surface area contributed by atoms with E-state index >= 15 is 0 Å². The molecule has 144 valence electrons. The maximum Gasteiger partial charge on any atom is 0.338 e. The van der Waals surface area contributed by atoms with E-state index in [1.165, 1.54) is 6.20 Å². The maximum atomic E-state index is 12.3. The van der Waals surface area contributed by atoms with Gasteiger partial charge in [0.05, 0.1) is 23.7 Å². The molecule has 0 amide bonds. The lowest BCUT2D eigenvalue weighted by Gasteiger charge is -2.04. The Kier molecular flexibility index (Phi) is 5.03. The molecule has 0 aliphatic carbocycles. The number of nitrogens with one attached hydrogen (secondary N) is 1. The van der Waals surface area contributed by atoms with Crippen molar-refractivity contribution in [3.8, 4) is 17.1 Å². The van der Waals surface area contributed by atoms with Gasteiger partial charge in [-0.25, -0.2) is 9.78 Å². The monoisotopic (exact) mass is 387 g/mol. The van der Waals surface area contributed by atoms with Gasteiger partial charge in [-0.3, -0.25) is 9.78 Å². The zero-order valence-corrected chi connectivity index (χ0v) is 15.6. The highest BCUT2D eigenvalue weighted by atomic mass is 16.5. The fraction of sp³-hybridized carbons (Fsp3) is 0.0909. The zero-order valence-electron chi connectivity index (χ0n) is 15.6. The Bertz CT molecular complexity index is 1170. The molecule has 4 rings (SSSR count). The number of carbonyl (C=O) groups excluding carboxylic acids is 2. The molecule has 0 saturated heterocycles. The van der Waals surface area contributed by atoms with Gasteiger partial charge in [-0.1, -0.05) is 6.07 Å². The first-order valence-electron chi connectivity index (χ1n) is 8.89. The van der Waals surface area contributed by atoms with Gasteiger partial charge in [-0.15, -0.1) is 0 Å². The minimum atomic E-state index is -0.586. The quantitative estimate of drug-likeness (QED) is 0.401. The number of rotatable bonds is 6. The normalized spacial score (nSPS) is 10.7. The molecule has 2 aromatic heterocycles. The number of ether oxygens (including phenoxy) is 2. The van der Waals surface area contributed by atoms with Gasteiger partial charge in [0.2, 0.25) is 5.78 Å². The van der Waals surface area contributed by atoms with Crippen LogP contribution in [0.15, 0.2) is 66.9 Å². The van der Waals surface area contributed by atoms with E-state index in [1.807, 2.05) is 24.3 Å². The van der Waals surface area contributed by atoms with Crippen LogP contribution in [0.3, 0.4) is 0 Å². The first-order valence-corrected chi connectivity index (χ1v) is 8.89. The van der Waals surface area contributed by atoms with Crippen molar-refractivity contribution in [1.29, 1.82) is 0 Å². The van der Waals surface area contributed by atoms with Crippen LogP contribution in [0.1, 0.15) is 20.8 Å². The number of nitrogens with zero attached hydrogens (tertiary/aromatic N) is 2. The molecule has 7 nitrogen and oxygen atoms in total. The minimum Gasteiger partial charge on any atom is -0.497 e. The predicted molar refractivity (Wildman–Crippen MR) is 107 cm³/mol. The third-order valence-corrected chi connectivity index (χ3v) is 4.37. The van der Waals surface area contributed by atoms with Crippen LogP contribution in [0, 0.1) is 0 Å². The topological polar surface area (TPSA) is 94.2 Å². The van der Waals surface area contributed by atoms with Gasteiger partial charge in [0.25, 0.3) is 0 Å². The van der Waals surface area contributed by atoms with Crippen LogP contribution >= 0.6 is 0 Å². The highest BCUT2D eigenvalue weighted by Crippen LogP contribution is 2.23. The van der Waals surface area contributed by atoms with E-state index in [0.717, 1.165) is 16.8 Å². The smallest absolute Gasteiger partial charge is 0.338 e. The van der Waals surface area contributed by atoms with Crippen molar-refractivity contribution >= 4 is 22.8 Å². The fourth-order valence-electron chi connectivity index (χ4n) is 2.84. The van der Waals surface area contributed by atoms with E-state index < -0.39 is 5.97 Å². The van der Waals surface area contributed by atoms with Crippen molar-refractivity contribution in [2.24, 2.45) is 0 Å². The Morgan fingerprint density at radius 1 is 1.03 bits per heavy atom. The zero-order chi connectivity index (χ0) is 20.2. The highest BCUT2D eigenvalue weighted by Gasteiger charge is 2.14. The van der Waals surface area contributed by atoms with Crippen LogP contribution < -0.4 is 4.74 Å². The summed E-state index contributed by atoms with van der Waals surface area (Å²) in [5.74, 6) is 0.494. The maximum absolute atomic E-state index is 12.3. The van der Waals surface area contributed by atoms with Gasteiger partial charge in [-0.05, 0) is 54.6 Å². The molecule has 2 heterocycles. The van der Waals surface area contributed by atoms with Crippen LogP contribution in [-0.2, 0) is 4.74 Å². The van der Waals surface area contributed by atoms with E-state index in [9.17, 15) is 9.59 Å². The fourth-order valence-corrected chi connectivity index (χ4v) is 2.84. The van der Waals surface area contributed by atoms with Gasteiger partial charge < -0.3 is 14.5 Å². The second-order valence-electron chi connectivity index (χ2n) is 6.26. The van der Waals surface area contributed by atoms with Crippen LogP contribution in [-0.4, -0.2) is 40.4 Å². The summed E-state index contributed by atoms with van der Waals surface area (Å²) in [5.41, 5.74) is 2.90. The SMILES string of the molecule is COc1ccc(-c2nc3ccc(C(=O)OCC(=O)c4ccccn4)cc3[nH]2)cc1. The third-order valence-electron chi connectivity index (χ3n) is 4.37. The molecule has 0 bridgehead atoms. The molecule has 0 atom stereocenters. The van der Waals surface area contributed by atoms with E-state index in [-0.39, 0.29) is 18.1 Å². The molecular formula is C22H17N3O4. The third kappa shape index (κ3) is 3.98. The Labute approximate surface area is 166 Å². The Balaban J connectivity index is 1.49. The lowest BCUT2D eigenvalue weighted by Crippen LogP contribution is -2.15. The molecule has 29 heavy (non-hydrogen) atoms. The number of pyridine rings is 1. The summed E-state index contributed by atoms with van der Waals surface area (Å²) in [6.45, 7) is -0.367. The molecule has 0 radical (unpaired) electrons. The molecule has 4 aromatic rings. The van der Waals surface area contributed by atoms with Gasteiger partial charge >= 0.3 is 5.97 Å². The lowest BCUT2D eigenvalue weighted by atomic mass is 10.2. The largest absolute Gasteiger partial charge is 0.497 e. The van der Waals surface area contributed by atoms with Gasteiger partial charge in [-0.2, -0.15) is 0 Å². The minimum absolute atomic E-state index is 0.258. The number of aromatic amines is 1. The number of imidazole rings is 1. The molecule has 2 aromatic carbocycles. The van der Waals surface area contributed by atoms with Crippen molar-refractivity contribution in [2.45, 2.75) is 0 Å². The number of H-pyrrole nitrogens is 1. The van der Waals surface area contributed by atoms with Gasteiger partial charge in [0.15, 0.2) is 6.61 Å². The summed E-state index contributed by atoms with van der Waals surface area (Å²) in [7, 11) is 1.61. The first kappa shape index (κ1) is 18.4. The average Bonchev–Trinajstić information content (AvgIpc) is 3.21. The van der Waals surface area contributed by atoms with Crippen LogP contribution in [0.4, 0.5) is 0 Å². The average molecular weight is 387 g/mol.